The molecule has 1 aliphatic rings. The molecule has 1 saturated heterocycles. The minimum absolute atomic E-state index is 0.161. The Hall–Kier alpha value is -1.40. The van der Waals surface area contributed by atoms with Crippen molar-refractivity contribution >= 4 is 5.91 Å². The molecule has 1 N–H and O–H groups in total. The van der Waals surface area contributed by atoms with E-state index in [2.05, 4.69) is 15.2 Å². The molecule has 1 amide bonds. The van der Waals surface area contributed by atoms with Crippen LogP contribution in [0, 0.1) is 6.92 Å². The van der Waals surface area contributed by atoms with Gasteiger partial charge in [-0.05, 0) is 6.92 Å². The number of ether oxygens (including phenoxy) is 1. The fourth-order valence-electron chi connectivity index (χ4n) is 2.11. The predicted octanol–water partition coefficient (Wildman–Crippen LogP) is 1.17. The van der Waals surface area contributed by atoms with Crippen LogP contribution in [0.15, 0.2) is 4.42 Å². The Labute approximate surface area is 119 Å². The number of carbonyl (C=O) groups is 1. The molecule has 112 valence electrons. The summed E-state index contributed by atoms with van der Waals surface area (Å²) in [6, 6.07) is 0. The Balaban J connectivity index is 1.82. The van der Waals surface area contributed by atoms with E-state index in [4.69, 9.17) is 9.15 Å². The SMILES string of the molecule is Cc1oc(C(C)C)nc1C(=O)NCCN1CCOCC1. The van der Waals surface area contributed by atoms with Crippen LogP contribution in [0.3, 0.4) is 0 Å². The Morgan fingerprint density at radius 1 is 1.40 bits per heavy atom. The fraction of sp³-hybridized carbons (Fsp3) is 0.714. The Morgan fingerprint density at radius 3 is 2.70 bits per heavy atom. The van der Waals surface area contributed by atoms with Gasteiger partial charge in [0.2, 0.25) is 0 Å². The second kappa shape index (κ2) is 6.85. The smallest absolute Gasteiger partial charge is 0.273 e. The lowest BCUT2D eigenvalue weighted by Crippen LogP contribution is -2.41. The number of rotatable bonds is 5. The molecule has 0 saturated carbocycles. The zero-order valence-electron chi connectivity index (χ0n) is 12.4. The molecule has 6 heteroatoms. The van der Waals surface area contributed by atoms with E-state index in [1.165, 1.54) is 0 Å². The molecule has 0 aromatic carbocycles. The summed E-state index contributed by atoms with van der Waals surface area (Å²) in [7, 11) is 0. The highest BCUT2D eigenvalue weighted by Crippen LogP contribution is 2.17. The summed E-state index contributed by atoms with van der Waals surface area (Å²) in [5.74, 6) is 1.22. The van der Waals surface area contributed by atoms with Crippen molar-refractivity contribution in [1.82, 2.24) is 15.2 Å². The number of morpholine rings is 1. The molecule has 6 nitrogen and oxygen atoms in total. The second-order valence-corrected chi connectivity index (χ2v) is 5.32. The first-order valence-electron chi connectivity index (χ1n) is 7.13. The fourth-order valence-corrected chi connectivity index (χ4v) is 2.11. The van der Waals surface area contributed by atoms with Gasteiger partial charge in [-0.25, -0.2) is 4.98 Å². The average Bonchev–Trinajstić information content (AvgIpc) is 2.82. The van der Waals surface area contributed by atoms with Crippen molar-refractivity contribution in [2.24, 2.45) is 0 Å². The Kier molecular flexibility index (Phi) is 5.14. The number of hydrogen-bond donors (Lipinski definition) is 1. The van der Waals surface area contributed by atoms with E-state index < -0.39 is 0 Å². The minimum atomic E-state index is -0.161. The molecule has 1 fully saturated rings. The lowest BCUT2D eigenvalue weighted by atomic mass is 10.2. The number of carbonyl (C=O) groups excluding carboxylic acids is 1. The molecule has 0 spiro atoms. The van der Waals surface area contributed by atoms with Crippen LogP contribution >= 0.6 is 0 Å². The molecule has 0 bridgehead atoms. The van der Waals surface area contributed by atoms with Crippen LogP contribution in [0.2, 0.25) is 0 Å². The highest BCUT2D eigenvalue weighted by atomic mass is 16.5. The van der Waals surface area contributed by atoms with Gasteiger partial charge in [0.1, 0.15) is 5.76 Å². The molecule has 0 atom stereocenters. The van der Waals surface area contributed by atoms with Gasteiger partial charge in [-0.15, -0.1) is 0 Å². The van der Waals surface area contributed by atoms with E-state index in [0.717, 1.165) is 32.8 Å². The molecule has 0 unspecified atom stereocenters. The lowest BCUT2D eigenvalue weighted by molar-refractivity contribution is 0.0383. The van der Waals surface area contributed by atoms with Gasteiger partial charge in [-0.1, -0.05) is 13.8 Å². The van der Waals surface area contributed by atoms with Gasteiger partial charge >= 0.3 is 0 Å². The molecule has 1 aliphatic heterocycles. The van der Waals surface area contributed by atoms with E-state index in [9.17, 15) is 4.79 Å². The number of aromatic nitrogens is 1. The highest BCUT2D eigenvalue weighted by molar-refractivity contribution is 5.93. The van der Waals surface area contributed by atoms with Crippen LogP contribution in [0.1, 0.15) is 41.9 Å². The first-order chi connectivity index (χ1) is 9.58. The number of hydrogen-bond acceptors (Lipinski definition) is 5. The third-order valence-corrected chi connectivity index (χ3v) is 3.34. The summed E-state index contributed by atoms with van der Waals surface area (Å²) in [4.78, 5) is 18.6. The maximum Gasteiger partial charge on any atom is 0.273 e. The normalized spacial score (nSPS) is 16.6. The quantitative estimate of drug-likeness (QED) is 0.877. The van der Waals surface area contributed by atoms with Gasteiger partial charge in [0.25, 0.3) is 5.91 Å². The van der Waals surface area contributed by atoms with Crippen molar-refractivity contribution in [3.05, 3.63) is 17.3 Å². The van der Waals surface area contributed by atoms with Crippen LogP contribution in [0.25, 0.3) is 0 Å². The minimum Gasteiger partial charge on any atom is -0.445 e. The molecule has 2 heterocycles. The zero-order valence-corrected chi connectivity index (χ0v) is 12.4. The lowest BCUT2D eigenvalue weighted by Gasteiger charge is -2.26. The standard InChI is InChI=1S/C14H23N3O3/c1-10(2)14-16-12(11(3)20-14)13(18)15-4-5-17-6-8-19-9-7-17/h10H,4-9H2,1-3H3,(H,15,18). The van der Waals surface area contributed by atoms with E-state index in [1.807, 2.05) is 13.8 Å². The summed E-state index contributed by atoms with van der Waals surface area (Å²) in [6.07, 6.45) is 0. The maximum absolute atomic E-state index is 12.1. The summed E-state index contributed by atoms with van der Waals surface area (Å²) in [5, 5.41) is 2.90. The topological polar surface area (TPSA) is 67.6 Å². The molecule has 20 heavy (non-hydrogen) atoms. The molecule has 1 aromatic rings. The van der Waals surface area contributed by atoms with Crippen LogP contribution in [0.4, 0.5) is 0 Å². The highest BCUT2D eigenvalue weighted by Gasteiger charge is 2.18. The van der Waals surface area contributed by atoms with Crippen LogP contribution in [-0.4, -0.2) is 55.2 Å². The first-order valence-corrected chi connectivity index (χ1v) is 7.13. The third kappa shape index (κ3) is 3.80. The van der Waals surface area contributed by atoms with Crippen molar-refractivity contribution in [2.75, 3.05) is 39.4 Å². The largest absolute Gasteiger partial charge is 0.445 e. The average molecular weight is 281 g/mol. The second-order valence-electron chi connectivity index (χ2n) is 5.32. The number of nitrogens with one attached hydrogen (secondary N) is 1. The third-order valence-electron chi connectivity index (χ3n) is 3.34. The van der Waals surface area contributed by atoms with Gasteiger partial charge < -0.3 is 14.5 Å². The van der Waals surface area contributed by atoms with Gasteiger partial charge in [-0.2, -0.15) is 0 Å². The zero-order chi connectivity index (χ0) is 14.5. The van der Waals surface area contributed by atoms with E-state index in [-0.39, 0.29) is 11.8 Å². The molecular formula is C14H23N3O3. The van der Waals surface area contributed by atoms with Crippen molar-refractivity contribution in [3.8, 4) is 0 Å². The molecule has 1 aromatic heterocycles. The van der Waals surface area contributed by atoms with E-state index in [0.29, 0.717) is 23.9 Å². The van der Waals surface area contributed by atoms with Crippen molar-refractivity contribution < 1.29 is 13.9 Å². The maximum atomic E-state index is 12.1. The van der Waals surface area contributed by atoms with Gasteiger partial charge in [0.05, 0.1) is 13.2 Å². The monoisotopic (exact) mass is 281 g/mol. The Morgan fingerprint density at radius 2 is 2.10 bits per heavy atom. The molecular weight excluding hydrogens is 258 g/mol. The molecule has 2 rings (SSSR count). The summed E-state index contributed by atoms with van der Waals surface area (Å²) in [5.41, 5.74) is 0.399. The first kappa shape index (κ1) is 15.0. The van der Waals surface area contributed by atoms with E-state index >= 15 is 0 Å². The van der Waals surface area contributed by atoms with Crippen molar-refractivity contribution in [1.29, 1.82) is 0 Å². The van der Waals surface area contributed by atoms with Crippen molar-refractivity contribution in [2.45, 2.75) is 26.7 Å². The van der Waals surface area contributed by atoms with Crippen LogP contribution < -0.4 is 5.32 Å². The predicted molar refractivity (Wildman–Crippen MR) is 74.9 cm³/mol. The number of oxazole rings is 1. The van der Waals surface area contributed by atoms with Gasteiger partial charge in [-0.3, -0.25) is 9.69 Å². The Bertz CT molecular complexity index is 451. The number of amides is 1. The number of nitrogens with zero attached hydrogens (tertiary/aromatic N) is 2. The molecule has 0 radical (unpaired) electrons. The van der Waals surface area contributed by atoms with Crippen molar-refractivity contribution in [3.63, 3.8) is 0 Å². The van der Waals surface area contributed by atoms with Crippen LogP contribution in [-0.2, 0) is 4.74 Å². The number of aryl methyl sites for hydroxylation is 1. The van der Waals surface area contributed by atoms with Gasteiger partial charge in [0.15, 0.2) is 11.6 Å². The molecule has 0 aliphatic carbocycles. The summed E-state index contributed by atoms with van der Waals surface area (Å²) < 4.78 is 10.8. The van der Waals surface area contributed by atoms with Crippen LogP contribution in [0.5, 0.6) is 0 Å². The summed E-state index contributed by atoms with van der Waals surface area (Å²) >= 11 is 0. The summed E-state index contributed by atoms with van der Waals surface area (Å²) in [6.45, 7) is 10.6. The van der Waals surface area contributed by atoms with E-state index in [1.54, 1.807) is 6.92 Å². The van der Waals surface area contributed by atoms with Gasteiger partial charge in [0, 0.05) is 32.1 Å².